The Morgan fingerprint density at radius 1 is 1.22 bits per heavy atom. The lowest BCUT2D eigenvalue weighted by atomic mass is 10.2. The van der Waals surface area contributed by atoms with Gasteiger partial charge in [-0.05, 0) is 30.3 Å². The molecule has 2 aromatic rings. The van der Waals surface area contributed by atoms with E-state index in [9.17, 15) is 4.39 Å². The average Bonchev–Trinajstić information content (AvgIpc) is 2.32. The Bertz CT molecular complexity index is 575. The van der Waals surface area contributed by atoms with Crippen LogP contribution in [0.4, 0.5) is 21.5 Å². The van der Waals surface area contributed by atoms with Gasteiger partial charge in [0.15, 0.2) is 0 Å². The Labute approximate surface area is 113 Å². The van der Waals surface area contributed by atoms with E-state index < -0.39 is 0 Å². The molecule has 0 aliphatic carbocycles. The number of nitrogens with one attached hydrogen (secondary N) is 1. The molecule has 0 spiro atoms. The van der Waals surface area contributed by atoms with Crippen LogP contribution in [-0.4, -0.2) is 7.11 Å². The highest BCUT2D eigenvalue weighted by Crippen LogP contribution is 2.29. The molecule has 0 radical (unpaired) electrons. The molecule has 18 heavy (non-hydrogen) atoms. The van der Waals surface area contributed by atoms with Gasteiger partial charge in [0.2, 0.25) is 0 Å². The lowest BCUT2D eigenvalue weighted by Crippen LogP contribution is -1.97. The summed E-state index contributed by atoms with van der Waals surface area (Å²) in [4.78, 5) is 0. The maximum Gasteiger partial charge on any atom is 0.125 e. The number of methoxy groups -OCH3 is 1. The average molecular weight is 311 g/mol. The van der Waals surface area contributed by atoms with Crippen LogP contribution in [0.2, 0.25) is 0 Å². The summed E-state index contributed by atoms with van der Waals surface area (Å²) in [5.74, 6) is 0.359. The minimum absolute atomic E-state index is 0.356. The molecule has 2 rings (SSSR count). The number of nitrogens with two attached hydrogens (primary N) is 1. The summed E-state index contributed by atoms with van der Waals surface area (Å²) in [5.41, 5.74) is 7.54. The Hall–Kier alpha value is -1.75. The summed E-state index contributed by atoms with van der Waals surface area (Å²) in [6, 6.07) is 9.78. The van der Waals surface area contributed by atoms with Crippen LogP contribution in [0.15, 0.2) is 40.9 Å². The number of hydrogen-bond donors (Lipinski definition) is 2. The van der Waals surface area contributed by atoms with Gasteiger partial charge in [-0.15, -0.1) is 0 Å². The van der Waals surface area contributed by atoms with Crippen molar-refractivity contribution in [2.75, 3.05) is 18.2 Å². The van der Waals surface area contributed by atoms with Gasteiger partial charge in [-0.1, -0.05) is 15.9 Å². The Balaban J connectivity index is 2.30. The first-order valence-corrected chi connectivity index (χ1v) is 6.04. The van der Waals surface area contributed by atoms with Gasteiger partial charge in [-0.2, -0.15) is 0 Å². The number of anilines is 3. The molecule has 0 saturated carbocycles. The third kappa shape index (κ3) is 2.92. The second-order valence-corrected chi connectivity index (χ2v) is 4.65. The number of rotatable bonds is 3. The third-order valence-corrected chi connectivity index (χ3v) is 2.86. The van der Waals surface area contributed by atoms with Gasteiger partial charge >= 0.3 is 0 Å². The quantitative estimate of drug-likeness (QED) is 0.845. The van der Waals surface area contributed by atoms with Crippen molar-refractivity contribution in [3.05, 3.63) is 46.7 Å². The maximum absolute atomic E-state index is 12.9. The van der Waals surface area contributed by atoms with Crippen molar-refractivity contribution >= 4 is 33.0 Å². The van der Waals surface area contributed by atoms with Crippen LogP contribution in [-0.2, 0) is 0 Å². The number of hydrogen-bond acceptors (Lipinski definition) is 3. The lowest BCUT2D eigenvalue weighted by Gasteiger charge is -2.11. The smallest absolute Gasteiger partial charge is 0.125 e. The summed E-state index contributed by atoms with van der Waals surface area (Å²) >= 11 is 3.39. The zero-order chi connectivity index (χ0) is 13.1. The minimum Gasteiger partial charge on any atom is -0.497 e. The molecule has 0 fully saturated rings. The number of halogens is 2. The van der Waals surface area contributed by atoms with E-state index in [0.717, 1.165) is 10.2 Å². The van der Waals surface area contributed by atoms with Crippen LogP contribution >= 0.6 is 15.9 Å². The molecule has 0 saturated heterocycles. The monoisotopic (exact) mass is 310 g/mol. The summed E-state index contributed by atoms with van der Waals surface area (Å²) in [6.45, 7) is 0. The number of ether oxygens (including phenoxy) is 1. The van der Waals surface area contributed by atoms with Gasteiger partial charge in [0.25, 0.3) is 0 Å². The molecule has 5 heteroatoms. The first kappa shape index (κ1) is 12.7. The third-order valence-electron chi connectivity index (χ3n) is 2.40. The molecule has 0 aromatic heterocycles. The largest absolute Gasteiger partial charge is 0.497 e. The second-order valence-electron chi connectivity index (χ2n) is 3.74. The van der Waals surface area contributed by atoms with E-state index in [1.54, 1.807) is 13.2 Å². The summed E-state index contributed by atoms with van der Waals surface area (Å²) in [6.07, 6.45) is 0. The van der Waals surface area contributed by atoms with Crippen LogP contribution < -0.4 is 15.8 Å². The molecular formula is C13H12BrFN2O. The molecule has 3 nitrogen and oxygen atoms in total. The van der Waals surface area contributed by atoms with E-state index in [2.05, 4.69) is 21.2 Å². The molecule has 0 heterocycles. The number of nitrogen functional groups attached to an aromatic ring is 1. The van der Waals surface area contributed by atoms with E-state index >= 15 is 0 Å². The van der Waals surface area contributed by atoms with E-state index in [0.29, 0.717) is 17.1 Å². The van der Waals surface area contributed by atoms with Crippen LogP contribution in [0.25, 0.3) is 0 Å². The van der Waals surface area contributed by atoms with Gasteiger partial charge in [0.05, 0.1) is 18.5 Å². The van der Waals surface area contributed by atoms with E-state index in [-0.39, 0.29) is 5.82 Å². The second kappa shape index (κ2) is 5.27. The molecular weight excluding hydrogens is 299 g/mol. The predicted octanol–water partition coefficient (Wildman–Crippen LogP) is 3.92. The van der Waals surface area contributed by atoms with E-state index in [1.807, 2.05) is 18.2 Å². The van der Waals surface area contributed by atoms with Crippen molar-refractivity contribution in [2.24, 2.45) is 0 Å². The van der Waals surface area contributed by atoms with Crippen molar-refractivity contribution in [1.29, 1.82) is 0 Å². The van der Waals surface area contributed by atoms with Gasteiger partial charge in [0, 0.05) is 16.2 Å². The molecule has 0 aliphatic heterocycles. The summed E-state index contributed by atoms with van der Waals surface area (Å²) in [7, 11) is 1.60. The molecule has 3 N–H and O–H groups in total. The van der Waals surface area contributed by atoms with Crippen LogP contribution in [0, 0.1) is 5.82 Å². The van der Waals surface area contributed by atoms with Gasteiger partial charge in [-0.25, -0.2) is 4.39 Å². The van der Waals surface area contributed by atoms with Gasteiger partial charge in [-0.3, -0.25) is 0 Å². The van der Waals surface area contributed by atoms with Crippen molar-refractivity contribution in [1.82, 2.24) is 0 Å². The van der Waals surface area contributed by atoms with E-state index in [1.165, 1.54) is 12.1 Å². The molecule has 0 bridgehead atoms. The Morgan fingerprint density at radius 3 is 2.67 bits per heavy atom. The highest BCUT2D eigenvalue weighted by molar-refractivity contribution is 9.10. The normalized spacial score (nSPS) is 10.2. The zero-order valence-corrected chi connectivity index (χ0v) is 11.3. The molecule has 94 valence electrons. The molecule has 0 atom stereocenters. The van der Waals surface area contributed by atoms with Crippen molar-refractivity contribution < 1.29 is 9.13 Å². The molecule has 0 unspecified atom stereocenters. The fourth-order valence-electron chi connectivity index (χ4n) is 1.56. The lowest BCUT2D eigenvalue weighted by molar-refractivity contribution is 0.415. The Morgan fingerprint density at radius 2 is 2.00 bits per heavy atom. The van der Waals surface area contributed by atoms with E-state index in [4.69, 9.17) is 10.5 Å². The number of benzene rings is 2. The van der Waals surface area contributed by atoms with Crippen LogP contribution in [0.3, 0.4) is 0 Å². The van der Waals surface area contributed by atoms with Crippen molar-refractivity contribution in [2.45, 2.75) is 0 Å². The zero-order valence-electron chi connectivity index (χ0n) is 9.71. The van der Waals surface area contributed by atoms with Crippen molar-refractivity contribution in [3.8, 4) is 5.75 Å². The molecule has 0 aliphatic rings. The van der Waals surface area contributed by atoms with Gasteiger partial charge < -0.3 is 15.8 Å². The minimum atomic E-state index is -0.357. The fraction of sp³-hybridized carbons (Fsp3) is 0.0769. The SMILES string of the molecule is COc1cc(Br)cc(Nc2ccc(F)cc2N)c1. The van der Waals surface area contributed by atoms with Crippen LogP contribution in [0.1, 0.15) is 0 Å². The highest BCUT2D eigenvalue weighted by atomic mass is 79.9. The topological polar surface area (TPSA) is 47.3 Å². The first-order chi connectivity index (χ1) is 8.58. The van der Waals surface area contributed by atoms with Crippen LogP contribution in [0.5, 0.6) is 5.75 Å². The predicted molar refractivity (Wildman–Crippen MR) is 74.8 cm³/mol. The standard InChI is InChI=1S/C13H12BrFN2O/c1-18-11-5-8(14)4-10(7-11)17-13-3-2-9(15)6-12(13)16/h2-7,17H,16H2,1H3. The summed E-state index contributed by atoms with van der Waals surface area (Å²) in [5, 5.41) is 3.11. The fourth-order valence-corrected chi connectivity index (χ4v) is 2.03. The maximum atomic E-state index is 12.9. The first-order valence-electron chi connectivity index (χ1n) is 5.25. The highest BCUT2D eigenvalue weighted by Gasteiger charge is 2.04. The Kier molecular flexibility index (Phi) is 3.72. The molecule has 0 amide bonds. The van der Waals surface area contributed by atoms with Crippen molar-refractivity contribution in [3.63, 3.8) is 0 Å². The molecule has 2 aromatic carbocycles. The van der Waals surface area contributed by atoms with Gasteiger partial charge in [0.1, 0.15) is 11.6 Å². The summed E-state index contributed by atoms with van der Waals surface area (Å²) < 4.78 is 19.0.